The number of ether oxygens (including phenoxy) is 7. The highest BCUT2D eigenvalue weighted by Crippen LogP contribution is 2.59. The predicted molar refractivity (Wildman–Crippen MR) is 202 cm³/mol. The van der Waals surface area contributed by atoms with Gasteiger partial charge in [0.2, 0.25) is 11.6 Å². The van der Waals surface area contributed by atoms with Gasteiger partial charge in [-0.25, -0.2) is 0 Å². The normalized spacial score (nSPS) is 19.4. The molecule has 0 fully saturated rings. The number of rotatable bonds is 12. The van der Waals surface area contributed by atoms with E-state index in [-0.39, 0.29) is 56.8 Å². The van der Waals surface area contributed by atoms with Gasteiger partial charge in [0, 0.05) is 33.6 Å². The van der Waals surface area contributed by atoms with Crippen LogP contribution in [-0.4, -0.2) is 66.4 Å². The average Bonchev–Trinajstić information content (AvgIpc) is 3.17. The lowest BCUT2D eigenvalue weighted by Crippen LogP contribution is -2.79. The molecule has 310 valence electrons. The molecule has 2 aliphatic rings. The molecule has 0 amide bonds. The van der Waals surface area contributed by atoms with Crippen molar-refractivity contribution < 1.29 is 76.7 Å². The van der Waals surface area contributed by atoms with Gasteiger partial charge in [-0.15, -0.1) is 4.74 Å². The van der Waals surface area contributed by atoms with Gasteiger partial charge in [0.1, 0.15) is 12.9 Å². The largest absolute Gasteiger partial charge is 0.821 e. The van der Waals surface area contributed by atoms with E-state index < -0.39 is 63.6 Å². The molecule has 17 nitrogen and oxygen atoms in total. The average molecular weight is 807 g/mol. The number of hydrogen-bond acceptors (Lipinski definition) is 15. The maximum Gasteiger partial charge on any atom is 0.470 e. The van der Waals surface area contributed by atoms with Crippen molar-refractivity contribution in [2.45, 2.75) is 74.0 Å². The highest BCUT2D eigenvalue weighted by Gasteiger charge is 2.77. The van der Waals surface area contributed by atoms with E-state index in [1.807, 2.05) is 13.8 Å². The van der Waals surface area contributed by atoms with Crippen molar-refractivity contribution >= 4 is 29.8 Å². The molecule has 1 unspecified atom stereocenters. The molecule has 58 heavy (non-hydrogen) atoms. The minimum atomic E-state index is -2.08. The second-order valence-electron chi connectivity index (χ2n) is 13.6. The van der Waals surface area contributed by atoms with Gasteiger partial charge in [0.05, 0.1) is 36.1 Å². The number of benzene rings is 3. The summed E-state index contributed by atoms with van der Waals surface area (Å²) in [6.07, 6.45) is 0.751. The number of quaternary nitrogens is 1. The molecule has 3 aromatic carbocycles. The molecule has 0 aromatic heterocycles. The number of allylic oxidation sites excluding steroid dienone is 1. The standard InChI is InChI=1S/C41H46N2O15/c1-12-21(3)34-39(48)43(52-11)41(22(4)13-2,40(51-10)42(34)49)57-31-20-28(16-19-30(31)58-43)33-37(55-25(7)46)35(53-23(5)44)32(27-14-17-29(50-9)18-15-27)36(54-24(6)45)38(33)56-26(8)47/h14-22H,12-13H2,1-11H3/t21-,22-,41+,43?/m0/s1. The summed E-state index contributed by atoms with van der Waals surface area (Å²) in [5.74, 6) is -7.06. The van der Waals surface area contributed by atoms with Crippen LogP contribution >= 0.6 is 0 Å². The van der Waals surface area contributed by atoms with Gasteiger partial charge in [-0.3, -0.25) is 24.0 Å². The first-order valence-corrected chi connectivity index (χ1v) is 18.4. The van der Waals surface area contributed by atoms with Crippen molar-refractivity contribution in [1.29, 1.82) is 0 Å². The third-order valence-corrected chi connectivity index (χ3v) is 9.85. The smallest absolute Gasteiger partial charge is 0.470 e. The maximum atomic E-state index is 14.5. The number of methoxy groups -OCH3 is 2. The van der Waals surface area contributed by atoms with E-state index in [1.165, 1.54) is 39.5 Å². The Morgan fingerprint density at radius 2 is 1.21 bits per heavy atom. The molecule has 5 rings (SSSR count). The van der Waals surface area contributed by atoms with Crippen molar-refractivity contribution in [3.63, 3.8) is 0 Å². The topological polar surface area (TPSA) is 200 Å². The van der Waals surface area contributed by atoms with Crippen molar-refractivity contribution in [1.82, 2.24) is 0 Å². The van der Waals surface area contributed by atoms with Crippen molar-refractivity contribution in [2.75, 3.05) is 21.3 Å². The molecule has 0 N–H and O–H groups in total. The Labute approximate surface area is 334 Å². The minimum absolute atomic E-state index is 0.0328. The van der Waals surface area contributed by atoms with E-state index in [4.69, 9.17) is 42.8 Å². The first-order chi connectivity index (χ1) is 27.5. The third kappa shape index (κ3) is 7.11. The number of carbonyl (C=O) groups excluding carboxylic acids is 4. The monoisotopic (exact) mass is 806 g/mol. The predicted octanol–water partition coefficient (Wildman–Crippen LogP) is 5.68. The zero-order chi connectivity index (χ0) is 42.9. The van der Waals surface area contributed by atoms with E-state index in [0.717, 1.165) is 27.7 Å². The summed E-state index contributed by atoms with van der Waals surface area (Å²) < 4.78 is 41.3. The SMILES string of the molecule is CC[C@H](C)C1=C([O-])[N+]2(OC)Oc3ccc(-c4c(OC(C)=O)c(OC(C)=O)c(-c5ccc(OC)cc5)c(OC(C)=O)c4OC(C)=O)cc3O[C@]2([C@@H](C)CC)C(OC)=[N+]1[O-]. The minimum Gasteiger partial charge on any atom is -0.821 e. The maximum absolute atomic E-state index is 14.5. The molecule has 0 saturated carbocycles. The number of nitrogens with zero attached hydrogens (tertiary/aromatic N) is 2. The van der Waals surface area contributed by atoms with Crippen LogP contribution in [0.3, 0.4) is 0 Å². The van der Waals surface area contributed by atoms with Gasteiger partial charge in [-0.2, -0.15) is 4.84 Å². The van der Waals surface area contributed by atoms with E-state index in [9.17, 15) is 29.5 Å². The number of fused-ring (bicyclic) bond motifs is 2. The van der Waals surface area contributed by atoms with E-state index in [2.05, 4.69) is 0 Å². The lowest BCUT2D eigenvalue weighted by atomic mass is 9.90. The van der Waals surface area contributed by atoms with E-state index in [0.29, 0.717) is 23.3 Å². The molecule has 0 bridgehead atoms. The van der Waals surface area contributed by atoms with Crippen LogP contribution in [0.25, 0.3) is 22.3 Å². The number of esters is 4. The van der Waals surface area contributed by atoms with Gasteiger partial charge < -0.3 is 43.5 Å². The molecule has 4 atom stereocenters. The molecular formula is C41H46N2O15. The van der Waals surface area contributed by atoms with Crippen LogP contribution in [0, 0.1) is 17.0 Å². The van der Waals surface area contributed by atoms with Crippen LogP contribution in [0.4, 0.5) is 0 Å². The number of hydrogen-bond donors (Lipinski definition) is 0. The van der Waals surface area contributed by atoms with Crippen LogP contribution in [0.1, 0.15) is 68.2 Å². The Balaban J connectivity index is 1.94. The fourth-order valence-electron chi connectivity index (χ4n) is 6.98. The van der Waals surface area contributed by atoms with Crippen molar-refractivity contribution in [2.24, 2.45) is 11.8 Å². The number of hydroxylamine groups is 5. The molecule has 0 spiro atoms. The molecule has 2 heterocycles. The zero-order valence-electron chi connectivity index (χ0n) is 34.1. The fourth-order valence-corrected chi connectivity index (χ4v) is 6.98. The van der Waals surface area contributed by atoms with Crippen molar-refractivity contribution in [3.05, 3.63) is 59.3 Å². The fraction of sp³-hybridized carbons (Fsp3) is 0.390. The highest BCUT2D eigenvalue weighted by molar-refractivity contribution is 5.98. The lowest BCUT2D eigenvalue weighted by molar-refractivity contribution is -1.26. The molecule has 0 saturated heterocycles. The Morgan fingerprint density at radius 1 is 0.724 bits per heavy atom. The lowest BCUT2D eigenvalue weighted by Gasteiger charge is -2.51. The second kappa shape index (κ2) is 16.6. The molecule has 3 aromatic rings. The van der Waals surface area contributed by atoms with E-state index >= 15 is 0 Å². The molecule has 2 aliphatic heterocycles. The Bertz CT molecular complexity index is 2160. The second-order valence-corrected chi connectivity index (χ2v) is 13.6. The van der Waals surface area contributed by atoms with Crippen LogP contribution < -0.4 is 38.4 Å². The van der Waals surface area contributed by atoms with Gasteiger partial charge in [0.25, 0.3) is 5.70 Å². The van der Waals surface area contributed by atoms with Crippen LogP contribution in [0.15, 0.2) is 54.0 Å². The summed E-state index contributed by atoms with van der Waals surface area (Å²) in [5, 5.41) is 28.7. The Kier molecular flexibility index (Phi) is 12.3. The summed E-state index contributed by atoms with van der Waals surface area (Å²) in [6.45, 7) is 11.5. The van der Waals surface area contributed by atoms with Gasteiger partial charge in [-0.1, -0.05) is 39.8 Å². The Hall–Kier alpha value is -6.33. The van der Waals surface area contributed by atoms with Gasteiger partial charge in [0.15, 0.2) is 28.7 Å². The third-order valence-electron chi connectivity index (χ3n) is 9.85. The molecular weight excluding hydrogens is 760 g/mol. The molecule has 17 heteroatoms. The van der Waals surface area contributed by atoms with E-state index in [1.54, 1.807) is 38.1 Å². The quantitative estimate of drug-likeness (QED) is 0.0711. The first kappa shape index (κ1) is 42.8. The Morgan fingerprint density at radius 3 is 1.62 bits per heavy atom. The molecule has 0 radical (unpaired) electrons. The summed E-state index contributed by atoms with van der Waals surface area (Å²) in [7, 11) is 3.97. The summed E-state index contributed by atoms with van der Waals surface area (Å²) >= 11 is 0. The molecule has 0 aliphatic carbocycles. The number of carbonyl (C=O) groups is 4. The first-order valence-electron chi connectivity index (χ1n) is 18.4. The van der Waals surface area contributed by atoms with Crippen LogP contribution in [0.5, 0.6) is 40.2 Å². The van der Waals surface area contributed by atoms with Gasteiger partial charge in [-0.05, 0) is 54.3 Å². The van der Waals surface area contributed by atoms with Crippen molar-refractivity contribution in [3.8, 4) is 62.5 Å². The summed E-state index contributed by atoms with van der Waals surface area (Å²) in [5.41, 5.74) is -2.21. The summed E-state index contributed by atoms with van der Waals surface area (Å²) in [4.78, 5) is 62.5. The van der Waals surface area contributed by atoms with Crippen LogP contribution in [-0.2, 0) is 28.8 Å². The zero-order valence-corrected chi connectivity index (χ0v) is 34.1. The van der Waals surface area contributed by atoms with Crippen LogP contribution in [0.2, 0.25) is 0 Å². The van der Waals surface area contributed by atoms with Gasteiger partial charge >= 0.3 is 35.5 Å². The summed E-state index contributed by atoms with van der Waals surface area (Å²) in [6, 6.07) is 10.5. The highest BCUT2D eigenvalue weighted by atomic mass is 17.0.